The van der Waals surface area contributed by atoms with E-state index in [-0.39, 0.29) is 22.6 Å². The van der Waals surface area contributed by atoms with Gasteiger partial charge in [-0.1, -0.05) is 48.5 Å². The second-order valence-electron chi connectivity index (χ2n) is 8.96. The Balaban J connectivity index is 1.55. The summed E-state index contributed by atoms with van der Waals surface area (Å²) in [7, 11) is 0. The van der Waals surface area contributed by atoms with Crippen LogP contribution in [0.25, 0.3) is 0 Å². The molecule has 4 aromatic rings. The van der Waals surface area contributed by atoms with Gasteiger partial charge in [0.2, 0.25) is 0 Å². The van der Waals surface area contributed by atoms with Gasteiger partial charge in [-0.25, -0.2) is 4.39 Å². The number of alkyl halides is 6. The summed E-state index contributed by atoms with van der Waals surface area (Å²) in [5.74, 6) is -4.48. The van der Waals surface area contributed by atoms with Crippen molar-refractivity contribution in [3.8, 4) is 23.0 Å². The van der Waals surface area contributed by atoms with Crippen molar-refractivity contribution >= 4 is 11.4 Å². The molecule has 4 N–H and O–H groups in total. The van der Waals surface area contributed by atoms with Gasteiger partial charge < -0.3 is 20.9 Å². The molecule has 0 unspecified atom stereocenters. The summed E-state index contributed by atoms with van der Waals surface area (Å²) in [5.41, 5.74) is 8.20. The average molecular weight is 547 g/mol. The Morgan fingerprint density at radius 2 is 0.872 bits per heavy atom. The zero-order chi connectivity index (χ0) is 28.3. The fraction of sp³-hybridized carbons (Fsp3) is 0.172. The minimum atomic E-state index is -6.11. The Hall–Kier alpha value is -4.34. The quantitative estimate of drug-likeness (QED) is 0.164. The van der Waals surface area contributed by atoms with Crippen LogP contribution >= 0.6 is 0 Å². The van der Waals surface area contributed by atoms with Crippen LogP contribution in [0, 0.1) is 0 Å². The average Bonchev–Trinajstić information content (AvgIpc) is 2.88. The molecule has 0 aliphatic rings. The molecule has 0 aromatic heterocycles. The summed E-state index contributed by atoms with van der Waals surface area (Å²) in [4.78, 5) is 0. The lowest BCUT2D eigenvalue weighted by molar-refractivity contribution is -0.327. The number of anilines is 2. The molecule has 4 aromatic carbocycles. The highest BCUT2D eigenvalue weighted by molar-refractivity contribution is 5.54. The topological polar surface area (TPSA) is 70.5 Å². The van der Waals surface area contributed by atoms with E-state index in [1.807, 2.05) is 0 Å². The van der Waals surface area contributed by atoms with Gasteiger partial charge in [0.1, 0.15) is 23.0 Å². The minimum Gasteiger partial charge on any atom is -0.455 e. The van der Waals surface area contributed by atoms with Crippen LogP contribution < -0.4 is 20.9 Å². The lowest BCUT2D eigenvalue weighted by atomic mass is 9.84. The van der Waals surface area contributed by atoms with Crippen LogP contribution in [0.2, 0.25) is 0 Å². The molecule has 4 rings (SSSR count). The third-order valence-electron chi connectivity index (χ3n) is 6.03. The van der Waals surface area contributed by atoms with Crippen LogP contribution in [0.3, 0.4) is 0 Å². The molecule has 0 heterocycles. The number of nitrogens with two attached hydrogens (primary N) is 2. The predicted octanol–water partition coefficient (Wildman–Crippen LogP) is 8.13. The second kappa shape index (κ2) is 10.8. The lowest BCUT2D eigenvalue weighted by Crippen LogP contribution is -2.56. The molecule has 0 spiro atoms. The molecule has 0 fully saturated rings. The largest absolute Gasteiger partial charge is 0.456 e. The van der Waals surface area contributed by atoms with Gasteiger partial charge in [-0.15, -0.1) is 0 Å². The van der Waals surface area contributed by atoms with Gasteiger partial charge in [0.05, 0.1) is 11.4 Å². The maximum atomic E-state index is 15.9. The molecule has 0 aliphatic heterocycles. The first-order valence-electron chi connectivity index (χ1n) is 11.7. The molecule has 10 heteroatoms. The van der Waals surface area contributed by atoms with Crippen LogP contribution in [0.1, 0.15) is 11.1 Å². The van der Waals surface area contributed by atoms with Crippen molar-refractivity contribution in [2.45, 2.75) is 30.6 Å². The van der Waals surface area contributed by atoms with Gasteiger partial charge in [-0.05, 0) is 59.7 Å². The van der Waals surface area contributed by atoms with Crippen molar-refractivity contribution in [1.29, 1.82) is 0 Å². The van der Waals surface area contributed by atoms with E-state index in [1.165, 1.54) is 48.5 Å². The van der Waals surface area contributed by atoms with Crippen LogP contribution in [0.4, 0.5) is 37.7 Å². The minimum absolute atomic E-state index is 0.0747. The Morgan fingerprint density at radius 3 is 1.21 bits per heavy atom. The van der Waals surface area contributed by atoms with Crippen molar-refractivity contribution in [3.63, 3.8) is 0 Å². The highest BCUT2D eigenvalue weighted by Crippen LogP contribution is 2.49. The van der Waals surface area contributed by atoms with Gasteiger partial charge in [0.25, 0.3) is 0 Å². The SMILES string of the molecule is Nc1ccccc1Oc1ccc(CC(F)(Cc2ccc(Oc3ccccc3N)cc2)C(F)(F)C(F)(F)F)cc1. The predicted molar refractivity (Wildman–Crippen MR) is 137 cm³/mol. The van der Waals surface area contributed by atoms with Crippen LogP contribution in [0.5, 0.6) is 23.0 Å². The molecule has 0 saturated carbocycles. The Kier molecular flexibility index (Phi) is 7.67. The zero-order valence-electron chi connectivity index (χ0n) is 20.4. The van der Waals surface area contributed by atoms with Crippen molar-refractivity contribution in [3.05, 3.63) is 108 Å². The molecule has 4 nitrogen and oxygen atoms in total. The number of hydrogen-bond acceptors (Lipinski definition) is 4. The Labute approximate surface area is 220 Å². The molecule has 0 radical (unpaired) electrons. The van der Waals surface area contributed by atoms with Crippen molar-refractivity contribution < 1.29 is 35.8 Å². The van der Waals surface area contributed by atoms with E-state index in [0.717, 1.165) is 0 Å². The highest BCUT2D eigenvalue weighted by atomic mass is 19.4. The normalized spacial score (nSPS) is 12.3. The summed E-state index contributed by atoms with van der Waals surface area (Å²) in [6.07, 6.45) is -8.51. The van der Waals surface area contributed by atoms with Crippen molar-refractivity contribution in [2.75, 3.05) is 11.5 Å². The number of para-hydroxylation sites is 4. The summed E-state index contributed by atoms with van der Waals surface area (Å²) < 4.78 is 96.4. The van der Waals surface area contributed by atoms with E-state index < -0.39 is 30.6 Å². The second-order valence-corrected chi connectivity index (χ2v) is 8.96. The smallest absolute Gasteiger partial charge is 0.455 e. The third kappa shape index (κ3) is 6.22. The number of hydrogen-bond donors (Lipinski definition) is 2. The van der Waals surface area contributed by atoms with Gasteiger partial charge in [0.15, 0.2) is 5.67 Å². The lowest BCUT2D eigenvalue weighted by Gasteiger charge is -2.35. The van der Waals surface area contributed by atoms with E-state index in [4.69, 9.17) is 20.9 Å². The van der Waals surface area contributed by atoms with Gasteiger partial charge >= 0.3 is 12.1 Å². The van der Waals surface area contributed by atoms with Crippen molar-refractivity contribution in [1.82, 2.24) is 0 Å². The number of ether oxygens (including phenoxy) is 2. The third-order valence-corrected chi connectivity index (χ3v) is 6.03. The first-order chi connectivity index (χ1) is 18.4. The van der Waals surface area contributed by atoms with Gasteiger partial charge in [0, 0.05) is 12.8 Å². The van der Waals surface area contributed by atoms with E-state index in [1.54, 1.807) is 48.5 Å². The highest BCUT2D eigenvalue weighted by Gasteiger charge is 2.70. The first-order valence-corrected chi connectivity index (χ1v) is 11.7. The van der Waals surface area contributed by atoms with E-state index in [2.05, 4.69) is 0 Å². The molecular weight excluding hydrogens is 522 g/mol. The van der Waals surface area contributed by atoms with Crippen molar-refractivity contribution in [2.24, 2.45) is 0 Å². The van der Waals surface area contributed by atoms with Gasteiger partial charge in [-0.2, -0.15) is 22.0 Å². The van der Waals surface area contributed by atoms with Crippen LogP contribution in [-0.4, -0.2) is 17.8 Å². The monoisotopic (exact) mass is 546 g/mol. The molecule has 0 aliphatic carbocycles. The van der Waals surface area contributed by atoms with E-state index >= 15 is 4.39 Å². The van der Waals surface area contributed by atoms with Crippen LogP contribution in [-0.2, 0) is 12.8 Å². The maximum absolute atomic E-state index is 15.9. The molecular formula is C29H24F6N2O2. The van der Waals surface area contributed by atoms with E-state index in [9.17, 15) is 22.0 Å². The molecule has 0 bridgehead atoms. The molecule has 39 heavy (non-hydrogen) atoms. The molecule has 204 valence electrons. The maximum Gasteiger partial charge on any atom is 0.456 e. The number of benzene rings is 4. The molecule has 0 amide bonds. The molecule has 0 saturated heterocycles. The van der Waals surface area contributed by atoms with Crippen LogP contribution in [0.15, 0.2) is 97.1 Å². The summed E-state index contributed by atoms with van der Waals surface area (Å²) in [5, 5.41) is 0. The van der Waals surface area contributed by atoms with Gasteiger partial charge in [-0.3, -0.25) is 0 Å². The first kappa shape index (κ1) is 27.7. The summed E-state index contributed by atoms with van der Waals surface area (Å²) in [6.45, 7) is 0. The number of rotatable bonds is 9. The summed E-state index contributed by atoms with van der Waals surface area (Å²) in [6, 6.07) is 23.5. The molecule has 0 atom stereocenters. The van der Waals surface area contributed by atoms with E-state index in [0.29, 0.717) is 22.9 Å². The standard InChI is InChI=1S/C29H24F6N2O2/c30-27(28(31,32)29(33,34)35,17-19-9-13-21(14-10-19)38-25-7-3-1-5-23(25)36)18-20-11-15-22(16-12-20)39-26-8-4-2-6-24(26)37/h1-16H,17-18,36-37H2. The Morgan fingerprint density at radius 1 is 0.513 bits per heavy atom. The number of nitrogen functional groups attached to an aromatic ring is 2. The zero-order valence-corrected chi connectivity index (χ0v) is 20.4. The fourth-order valence-electron chi connectivity index (χ4n) is 3.94. The Bertz CT molecular complexity index is 1310. The fourth-order valence-corrected chi connectivity index (χ4v) is 3.94. The number of halogens is 6. The summed E-state index contributed by atoms with van der Waals surface area (Å²) >= 11 is 0.